The molecule has 1 heterocycles. The molecule has 1 aromatic heterocycles. The van der Waals surface area contributed by atoms with E-state index in [1.165, 1.54) is 0 Å². The summed E-state index contributed by atoms with van der Waals surface area (Å²) in [5.74, 6) is 0. The maximum Gasteiger partial charge on any atom is 0.0663 e. The Bertz CT molecular complexity index is 357. The van der Waals surface area contributed by atoms with Crippen molar-refractivity contribution in [3.05, 3.63) is 22.8 Å². The van der Waals surface area contributed by atoms with Crippen molar-refractivity contribution >= 4 is 32.5 Å². The van der Waals surface area contributed by atoms with Crippen molar-refractivity contribution in [1.29, 1.82) is 0 Å². The number of aromatic amines is 1. The molecule has 3 N–H and O–H groups in total. The van der Waals surface area contributed by atoms with E-state index in [-0.39, 0.29) is 0 Å². The number of anilines is 1. The SMILES string of the molecule is Nc1cc2cn[nH]c2cc1Br. The molecule has 0 saturated heterocycles. The number of hydrogen-bond acceptors (Lipinski definition) is 2. The highest BCUT2D eigenvalue weighted by atomic mass is 79.9. The minimum Gasteiger partial charge on any atom is -0.398 e. The van der Waals surface area contributed by atoms with Crippen LogP contribution in [-0.2, 0) is 0 Å². The van der Waals surface area contributed by atoms with Crippen LogP contribution >= 0.6 is 15.9 Å². The summed E-state index contributed by atoms with van der Waals surface area (Å²) in [6, 6.07) is 3.79. The number of rotatable bonds is 0. The summed E-state index contributed by atoms with van der Waals surface area (Å²) in [4.78, 5) is 0. The number of H-pyrrole nitrogens is 1. The standard InChI is InChI=1S/C7H6BrN3/c8-5-2-7-4(1-6(5)9)3-10-11-7/h1-3H,9H2,(H,10,11). The minimum atomic E-state index is 0.735. The van der Waals surface area contributed by atoms with Crippen molar-refractivity contribution in [3.8, 4) is 0 Å². The lowest BCUT2D eigenvalue weighted by molar-refractivity contribution is 1.12. The molecule has 0 aliphatic heterocycles. The van der Waals surface area contributed by atoms with Crippen LogP contribution in [0.15, 0.2) is 22.8 Å². The van der Waals surface area contributed by atoms with E-state index >= 15 is 0 Å². The van der Waals surface area contributed by atoms with E-state index < -0.39 is 0 Å². The van der Waals surface area contributed by atoms with Crippen molar-refractivity contribution < 1.29 is 0 Å². The van der Waals surface area contributed by atoms with E-state index in [1.54, 1.807) is 6.20 Å². The molecule has 0 atom stereocenters. The number of nitrogen functional groups attached to an aromatic ring is 1. The van der Waals surface area contributed by atoms with Crippen LogP contribution in [0.3, 0.4) is 0 Å². The first-order valence-electron chi connectivity index (χ1n) is 3.15. The van der Waals surface area contributed by atoms with Crippen LogP contribution in [0, 0.1) is 0 Å². The normalized spacial score (nSPS) is 10.6. The summed E-state index contributed by atoms with van der Waals surface area (Å²) in [5.41, 5.74) is 7.38. The average Bonchev–Trinajstić information content (AvgIpc) is 2.36. The molecule has 0 aliphatic carbocycles. The summed E-state index contributed by atoms with van der Waals surface area (Å²) < 4.78 is 0.897. The molecule has 0 spiro atoms. The molecule has 11 heavy (non-hydrogen) atoms. The summed E-state index contributed by atoms with van der Waals surface area (Å²) in [6.07, 6.45) is 1.75. The van der Waals surface area contributed by atoms with Gasteiger partial charge in [0.1, 0.15) is 0 Å². The van der Waals surface area contributed by atoms with Gasteiger partial charge in [0.05, 0.1) is 11.7 Å². The van der Waals surface area contributed by atoms with Gasteiger partial charge in [-0.2, -0.15) is 5.10 Å². The van der Waals surface area contributed by atoms with Crippen molar-refractivity contribution in [2.75, 3.05) is 5.73 Å². The van der Waals surface area contributed by atoms with Crippen LogP contribution < -0.4 is 5.73 Å². The number of hydrogen-bond donors (Lipinski definition) is 2. The van der Waals surface area contributed by atoms with Gasteiger partial charge in [0.15, 0.2) is 0 Å². The van der Waals surface area contributed by atoms with Gasteiger partial charge in [-0.3, -0.25) is 5.10 Å². The first-order chi connectivity index (χ1) is 5.27. The van der Waals surface area contributed by atoms with Gasteiger partial charge in [-0.1, -0.05) is 0 Å². The number of benzene rings is 1. The summed E-state index contributed by atoms with van der Waals surface area (Å²) in [6.45, 7) is 0. The Balaban J connectivity index is 2.86. The molecule has 0 amide bonds. The van der Waals surface area contributed by atoms with Crippen molar-refractivity contribution in [2.45, 2.75) is 0 Å². The van der Waals surface area contributed by atoms with Gasteiger partial charge in [0.25, 0.3) is 0 Å². The molecular formula is C7H6BrN3. The topological polar surface area (TPSA) is 54.7 Å². The third-order valence-corrected chi connectivity index (χ3v) is 2.24. The molecule has 2 rings (SSSR count). The first kappa shape index (κ1) is 6.67. The van der Waals surface area contributed by atoms with Crippen molar-refractivity contribution in [3.63, 3.8) is 0 Å². The van der Waals surface area contributed by atoms with Crippen molar-refractivity contribution in [2.24, 2.45) is 0 Å². The van der Waals surface area contributed by atoms with Gasteiger partial charge in [-0.25, -0.2) is 0 Å². The van der Waals surface area contributed by atoms with Gasteiger partial charge in [0, 0.05) is 15.5 Å². The Labute approximate surface area is 71.7 Å². The quantitative estimate of drug-likeness (QED) is 0.655. The monoisotopic (exact) mass is 211 g/mol. The van der Waals surface area contributed by atoms with Crippen LogP contribution in [0.1, 0.15) is 0 Å². The second-order valence-electron chi connectivity index (χ2n) is 2.33. The van der Waals surface area contributed by atoms with Gasteiger partial charge in [-0.15, -0.1) is 0 Å². The Kier molecular flexibility index (Phi) is 1.35. The lowest BCUT2D eigenvalue weighted by atomic mass is 10.2. The Morgan fingerprint density at radius 2 is 2.27 bits per heavy atom. The first-order valence-corrected chi connectivity index (χ1v) is 3.95. The van der Waals surface area contributed by atoms with E-state index in [2.05, 4.69) is 26.1 Å². The molecule has 56 valence electrons. The summed E-state index contributed by atoms with van der Waals surface area (Å²) in [7, 11) is 0. The Morgan fingerprint density at radius 3 is 3.09 bits per heavy atom. The molecule has 4 heteroatoms. The molecule has 0 aliphatic rings. The lowest BCUT2D eigenvalue weighted by Gasteiger charge is -1.95. The third-order valence-electron chi connectivity index (χ3n) is 1.56. The smallest absolute Gasteiger partial charge is 0.0663 e. The molecule has 0 radical (unpaired) electrons. The van der Waals surface area contributed by atoms with E-state index in [0.717, 1.165) is 21.1 Å². The van der Waals surface area contributed by atoms with Crippen LogP contribution in [0.4, 0.5) is 5.69 Å². The number of aromatic nitrogens is 2. The number of fused-ring (bicyclic) bond motifs is 1. The summed E-state index contributed by atoms with van der Waals surface area (Å²) in [5, 5.41) is 7.77. The molecule has 1 aromatic carbocycles. The zero-order chi connectivity index (χ0) is 7.84. The number of halogens is 1. The highest BCUT2D eigenvalue weighted by molar-refractivity contribution is 9.10. The fraction of sp³-hybridized carbons (Fsp3) is 0. The van der Waals surface area contributed by atoms with Crippen LogP contribution in [0.2, 0.25) is 0 Å². The molecular weight excluding hydrogens is 206 g/mol. The number of nitrogens with zero attached hydrogens (tertiary/aromatic N) is 1. The number of nitrogens with one attached hydrogen (secondary N) is 1. The van der Waals surface area contributed by atoms with E-state index in [4.69, 9.17) is 5.73 Å². The molecule has 0 bridgehead atoms. The fourth-order valence-corrected chi connectivity index (χ4v) is 1.33. The zero-order valence-electron chi connectivity index (χ0n) is 5.63. The molecule has 2 aromatic rings. The van der Waals surface area contributed by atoms with Crippen LogP contribution in [0.5, 0.6) is 0 Å². The predicted molar refractivity (Wildman–Crippen MR) is 48.2 cm³/mol. The highest BCUT2D eigenvalue weighted by Gasteiger charge is 1.99. The zero-order valence-corrected chi connectivity index (χ0v) is 7.22. The van der Waals surface area contributed by atoms with E-state index in [0.29, 0.717) is 0 Å². The molecule has 0 fully saturated rings. The average molecular weight is 212 g/mol. The van der Waals surface area contributed by atoms with Crippen LogP contribution in [-0.4, -0.2) is 10.2 Å². The largest absolute Gasteiger partial charge is 0.398 e. The van der Waals surface area contributed by atoms with Gasteiger partial charge < -0.3 is 5.73 Å². The number of nitrogens with two attached hydrogens (primary N) is 1. The maximum atomic E-state index is 5.66. The second-order valence-corrected chi connectivity index (χ2v) is 3.19. The van der Waals surface area contributed by atoms with Gasteiger partial charge in [0.2, 0.25) is 0 Å². The highest BCUT2D eigenvalue weighted by Crippen LogP contribution is 2.24. The Morgan fingerprint density at radius 1 is 1.45 bits per heavy atom. The molecule has 0 saturated carbocycles. The lowest BCUT2D eigenvalue weighted by Crippen LogP contribution is -1.84. The maximum absolute atomic E-state index is 5.66. The molecule has 3 nitrogen and oxygen atoms in total. The third kappa shape index (κ3) is 0.991. The van der Waals surface area contributed by atoms with Crippen LogP contribution in [0.25, 0.3) is 10.9 Å². The van der Waals surface area contributed by atoms with Crippen molar-refractivity contribution in [1.82, 2.24) is 10.2 Å². The molecule has 0 unspecified atom stereocenters. The predicted octanol–water partition coefficient (Wildman–Crippen LogP) is 1.91. The van der Waals surface area contributed by atoms with Gasteiger partial charge >= 0.3 is 0 Å². The van der Waals surface area contributed by atoms with E-state index in [9.17, 15) is 0 Å². The fourth-order valence-electron chi connectivity index (χ4n) is 0.983. The Hall–Kier alpha value is -1.03. The van der Waals surface area contributed by atoms with Gasteiger partial charge in [-0.05, 0) is 28.1 Å². The minimum absolute atomic E-state index is 0.735. The second kappa shape index (κ2) is 2.23. The van der Waals surface area contributed by atoms with E-state index in [1.807, 2.05) is 12.1 Å². The summed E-state index contributed by atoms with van der Waals surface area (Å²) >= 11 is 3.33.